The van der Waals surface area contributed by atoms with E-state index in [-0.39, 0.29) is 6.04 Å². The summed E-state index contributed by atoms with van der Waals surface area (Å²) in [5.41, 5.74) is 3.47. The molecule has 2 rings (SSSR count). The largest absolute Gasteiger partial charge is 0.243 e. The Kier molecular flexibility index (Phi) is 6.41. The maximum absolute atomic E-state index is 13.2. The molecule has 24 heavy (non-hydrogen) atoms. The Labute approximate surface area is 147 Å². The standard InChI is InChI=1S/C20H29NO2S/c1-5-7-8-10-20-17(4)18(9-6-2)15-21(20)24(22,23)19-13-11-16(3)12-14-19/h6,11-14,20H,2,5,7-10,15H2,1,3-4H3. The molecule has 0 aliphatic carbocycles. The second-order valence-corrected chi connectivity index (χ2v) is 8.54. The van der Waals surface area contributed by atoms with Gasteiger partial charge in [-0.1, -0.05) is 61.1 Å². The fraction of sp³-hybridized carbons (Fsp3) is 0.500. The van der Waals surface area contributed by atoms with Crippen LogP contribution in [0, 0.1) is 6.92 Å². The van der Waals surface area contributed by atoms with Crippen LogP contribution >= 0.6 is 0 Å². The van der Waals surface area contributed by atoms with Crippen molar-refractivity contribution in [3.63, 3.8) is 0 Å². The van der Waals surface area contributed by atoms with Gasteiger partial charge in [0.25, 0.3) is 0 Å². The molecular weight excluding hydrogens is 318 g/mol. The Bertz CT molecular complexity index is 702. The van der Waals surface area contributed by atoms with E-state index in [4.69, 9.17) is 0 Å². The van der Waals surface area contributed by atoms with Gasteiger partial charge in [-0.2, -0.15) is 4.31 Å². The minimum absolute atomic E-state index is 0.0159. The lowest BCUT2D eigenvalue weighted by Crippen LogP contribution is -2.37. The van der Waals surface area contributed by atoms with Gasteiger partial charge in [-0.15, -0.1) is 6.58 Å². The van der Waals surface area contributed by atoms with E-state index < -0.39 is 10.0 Å². The van der Waals surface area contributed by atoms with Gasteiger partial charge in [-0.3, -0.25) is 0 Å². The van der Waals surface area contributed by atoms with Gasteiger partial charge in [0.2, 0.25) is 10.0 Å². The van der Waals surface area contributed by atoms with Crippen LogP contribution in [0.15, 0.2) is 53.0 Å². The van der Waals surface area contributed by atoms with Gasteiger partial charge in [-0.25, -0.2) is 8.42 Å². The number of hydrogen-bond donors (Lipinski definition) is 0. The molecule has 0 bridgehead atoms. The predicted octanol–water partition coefficient (Wildman–Crippen LogP) is 4.84. The highest BCUT2D eigenvalue weighted by Gasteiger charge is 2.37. The van der Waals surface area contributed by atoms with Crippen molar-refractivity contribution in [2.75, 3.05) is 6.54 Å². The highest BCUT2D eigenvalue weighted by Crippen LogP contribution is 2.34. The molecule has 1 aromatic rings. The SMILES string of the molecule is C=CCC1=C(C)C(CCCCC)N(S(=O)(=O)c2ccc(C)cc2)C1. The second kappa shape index (κ2) is 8.13. The number of hydrogen-bond acceptors (Lipinski definition) is 2. The van der Waals surface area contributed by atoms with E-state index in [0.29, 0.717) is 11.4 Å². The van der Waals surface area contributed by atoms with Crippen LogP contribution in [0.4, 0.5) is 0 Å². The summed E-state index contributed by atoms with van der Waals surface area (Å²) in [5, 5.41) is 0. The van der Waals surface area contributed by atoms with E-state index >= 15 is 0 Å². The molecule has 0 saturated carbocycles. The molecule has 3 nitrogen and oxygen atoms in total. The highest BCUT2D eigenvalue weighted by molar-refractivity contribution is 7.89. The lowest BCUT2D eigenvalue weighted by Gasteiger charge is -2.26. The summed E-state index contributed by atoms with van der Waals surface area (Å²) in [4.78, 5) is 0.390. The van der Waals surface area contributed by atoms with Crippen LogP contribution in [0.3, 0.4) is 0 Å². The molecule has 0 spiro atoms. The Balaban J connectivity index is 2.31. The molecule has 0 radical (unpaired) electrons. The summed E-state index contributed by atoms with van der Waals surface area (Å²) in [7, 11) is -3.47. The van der Waals surface area contributed by atoms with Crippen LogP contribution in [0.2, 0.25) is 0 Å². The summed E-state index contributed by atoms with van der Waals surface area (Å²) in [6.07, 6.45) is 6.85. The van der Waals surface area contributed by atoms with Gasteiger partial charge in [0.05, 0.1) is 4.90 Å². The molecule has 1 aromatic carbocycles. The fourth-order valence-corrected chi connectivity index (χ4v) is 5.00. The number of nitrogens with zero attached hydrogens (tertiary/aromatic N) is 1. The Morgan fingerprint density at radius 2 is 1.88 bits per heavy atom. The van der Waals surface area contributed by atoms with Gasteiger partial charge in [-0.05, 0) is 38.8 Å². The molecular formula is C20H29NO2S. The topological polar surface area (TPSA) is 37.4 Å². The summed E-state index contributed by atoms with van der Waals surface area (Å²) in [5.74, 6) is 0. The lowest BCUT2D eigenvalue weighted by atomic mass is 10.0. The zero-order chi connectivity index (χ0) is 17.7. The molecule has 1 atom stereocenters. The number of sulfonamides is 1. The van der Waals surface area contributed by atoms with Crippen LogP contribution in [0.5, 0.6) is 0 Å². The van der Waals surface area contributed by atoms with E-state index in [1.165, 1.54) is 11.1 Å². The molecule has 1 aliphatic rings. The third kappa shape index (κ3) is 3.98. The first-order valence-corrected chi connectivity index (χ1v) is 10.2. The average molecular weight is 348 g/mol. The van der Waals surface area contributed by atoms with Gasteiger partial charge in [0.1, 0.15) is 0 Å². The van der Waals surface area contributed by atoms with Crippen LogP contribution in [-0.4, -0.2) is 25.3 Å². The highest BCUT2D eigenvalue weighted by atomic mass is 32.2. The third-order valence-corrected chi connectivity index (χ3v) is 6.72. The monoisotopic (exact) mass is 347 g/mol. The number of benzene rings is 1. The summed E-state index contributed by atoms with van der Waals surface area (Å²) < 4.78 is 28.0. The zero-order valence-electron chi connectivity index (χ0n) is 15.1. The van der Waals surface area contributed by atoms with E-state index in [1.807, 2.05) is 25.1 Å². The minimum Gasteiger partial charge on any atom is -0.207 e. The Morgan fingerprint density at radius 3 is 2.46 bits per heavy atom. The quantitative estimate of drug-likeness (QED) is 0.498. The summed E-state index contributed by atoms with van der Waals surface area (Å²) in [6.45, 7) is 10.5. The van der Waals surface area contributed by atoms with E-state index in [2.05, 4.69) is 20.4 Å². The number of allylic oxidation sites excluding steroid dienone is 1. The van der Waals surface area contributed by atoms with Gasteiger partial charge in [0, 0.05) is 12.6 Å². The first kappa shape index (κ1) is 18.9. The normalized spacial score (nSPS) is 19.0. The average Bonchev–Trinajstić information content (AvgIpc) is 2.86. The summed E-state index contributed by atoms with van der Waals surface area (Å²) in [6, 6.07) is 7.14. The van der Waals surface area contributed by atoms with Crippen molar-refractivity contribution in [3.05, 3.63) is 53.6 Å². The minimum atomic E-state index is -3.47. The second-order valence-electron chi connectivity index (χ2n) is 6.65. The van der Waals surface area contributed by atoms with E-state index in [1.54, 1.807) is 16.4 Å². The molecule has 132 valence electrons. The number of unbranched alkanes of at least 4 members (excludes halogenated alkanes) is 2. The summed E-state index contributed by atoms with van der Waals surface area (Å²) >= 11 is 0. The molecule has 1 unspecified atom stereocenters. The Hall–Kier alpha value is -1.39. The van der Waals surface area contributed by atoms with Crippen molar-refractivity contribution >= 4 is 10.0 Å². The first-order valence-electron chi connectivity index (χ1n) is 8.79. The molecule has 0 aromatic heterocycles. The molecule has 1 aliphatic heterocycles. The first-order chi connectivity index (χ1) is 11.4. The van der Waals surface area contributed by atoms with Gasteiger partial charge in [0.15, 0.2) is 0 Å². The molecule has 0 amide bonds. The smallest absolute Gasteiger partial charge is 0.207 e. The zero-order valence-corrected chi connectivity index (χ0v) is 15.9. The van der Waals surface area contributed by atoms with Crippen LogP contribution < -0.4 is 0 Å². The van der Waals surface area contributed by atoms with Crippen molar-refractivity contribution in [2.24, 2.45) is 0 Å². The van der Waals surface area contributed by atoms with Crippen molar-refractivity contribution in [3.8, 4) is 0 Å². The van der Waals surface area contributed by atoms with Crippen LogP contribution in [-0.2, 0) is 10.0 Å². The Morgan fingerprint density at radius 1 is 1.21 bits per heavy atom. The predicted molar refractivity (Wildman–Crippen MR) is 101 cm³/mol. The third-order valence-electron chi connectivity index (χ3n) is 4.85. The van der Waals surface area contributed by atoms with E-state index in [0.717, 1.165) is 37.7 Å². The van der Waals surface area contributed by atoms with Crippen molar-refractivity contribution < 1.29 is 8.42 Å². The van der Waals surface area contributed by atoms with E-state index in [9.17, 15) is 8.42 Å². The maximum Gasteiger partial charge on any atom is 0.243 e. The van der Waals surface area contributed by atoms with Gasteiger partial charge < -0.3 is 0 Å². The van der Waals surface area contributed by atoms with Crippen molar-refractivity contribution in [1.29, 1.82) is 0 Å². The van der Waals surface area contributed by atoms with Crippen LogP contribution in [0.25, 0.3) is 0 Å². The number of aryl methyl sites for hydroxylation is 1. The molecule has 1 heterocycles. The van der Waals surface area contributed by atoms with Crippen molar-refractivity contribution in [1.82, 2.24) is 4.31 Å². The molecule has 0 fully saturated rings. The lowest BCUT2D eigenvalue weighted by molar-refractivity contribution is 0.373. The van der Waals surface area contributed by atoms with Crippen molar-refractivity contribution in [2.45, 2.75) is 63.8 Å². The number of rotatable bonds is 8. The van der Waals surface area contributed by atoms with Crippen LogP contribution in [0.1, 0.15) is 51.5 Å². The maximum atomic E-state index is 13.2. The molecule has 0 N–H and O–H groups in total. The fourth-order valence-electron chi connectivity index (χ4n) is 3.32. The molecule has 0 saturated heterocycles. The van der Waals surface area contributed by atoms with Gasteiger partial charge >= 0.3 is 0 Å². The molecule has 4 heteroatoms.